The van der Waals surface area contributed by atoms with Crippen LogP contribution in [-0.4, -0.2) is 26.4 Å². The van der Waals surface area contributed by atoms with E-state index in [1.807, 2.05) is 30.7 Å². The zero-order valence-electron chi connectivity index (χ0n) is 16.8. The molecule has 1 amide bonds. The molecule has 1 aromatic heterocycles. The number of hydrogen-bond acceptors (Lipinski definition) is 4. The molecular formula is C22H26N4OS. The van der Waals surface area contributed by atoms with Gasteiger partial charge >= 0.3 is 0 Å². The van der Waals surface area contributed by atoms with Gasteiger partial charge in [-0.3, -0.25) is 4.79 Å². The molecule has 3 rings (SSSR count). The van der Waals surface area contributed by atoms with Crippen molar-refractivity contribution in [1.82, 2.24) is 20.1 Å². The van der Waals surface area contributed by atoms with Crippen LogP contribution in [0.5, 0.6) is 0 Å². The number of nitrogens with one attached hydrogen (secondary N) is 1. The zero-order valence-corrected chi connectivity index (χ0v) is 17.6. The summed E-state index contributed by atoms with van der Waals surface area (Å²) in [4.78, 5) is 12.4. The molecule has 0 aliphatic carbocycles. The van der Waals surface area contributed by atoms with Crippen LogP contribution in [0.3, 0.4) is 0 Å². The standard InChI is InChI=1S/C22H26N4OS/c1-5-17-8-12-18(13-9-17)16(3)23-20(27)14-28-22-25-24-21(26(22)4)19-10-6-15(2)7-11-19/h6-13,16H,5,14H2,1-4H3,(H,23,27). The normalized spacial score (nSPS) is 12.0. The maximum atomic E-state index is 12.4. The molecule has 0 saturated carbocycles. The van der Waals surface area contributed by atoms with Crippen LogP contribution in [0.4, 0.5) is 0 Å². The first-order valence-electron chi connectivity index (χ1n) is 9.45. The molecule has 1 N–H and O–H groups in total. The highest BCUT2D eigenvalue weighted by Crippen LogP contribution is 2.23. The summed E-state index contributed by atoms with van der Waals surface area (Å²) in [5.74, 6) is 1.08. The van der Waals surface area contributed by atoms with Gasteiger partial charge in [0.15, 0.2) is 11.0 Å². The number of hydrogen-bond donors (Lipinski definition) is 1. The van der Waals surface area contributed by atoms with Crippen LogP contribution in [0.15, 0.2) is 53.7 Å². The Labute approximate surface area is 170 Å². The SMILES string of the molecule is CCc1ccc(C(C)NC(=O)CSc2nnc(-c3ccc(C)cc3)n2C)cc1. The lowest BCUT2D eigenvalue weighted by Crippen LogP contribution is -2.28. The zero-order chi connectivity index (χ0) is 20.1. The lowest BCUT2D eigenvalue weighted by Gasteiger charge is -2.14. The average Bonchev–Trinajstić information content (AvgIpc) is 3.07. The van der Waals surface area contributed by atoms with Crippen molar-refractivity contribution in [3.63, 3.8) is 0 Å². The molecule has 2 aromatic carbocycles. The van der Waals surface area contributed by atoms with Crippen LogP contribution < -0.4 is 5.32 Å². The summed E-state index contributed by atoms with van der Waals surface area (Å²) in [5, 5.41) is 12.3. The first-order valence-corrected chi connectivity index (χ1v) is 10.4. The lowest BCUT2D eigenvalue weighted by atomic mass is 10.1. The number of thioether (sulfide) groups is 1. The van der Waals surface area contributed by atoms with Crippen molar-refractivity contribution in [2.45, 2.75) is 38.4 Å². The van der Waals surface area contributed by atoms with Gasteiger partial charge in [0.05, 0.1) is 11.8 Å². The number of carbonyl (C=O) groups excluding carboxylic acids is 1. The molecule has 3 aromatic rings. The van der Waals surface area contributed by atoms with E-state index in [1.54, 1.807) is 0 Å². The second-order valence-electron chi connectivity index (χ2n) is 6.90. The minimum atomic E-state index is -0.0263. The second kappa shape index (κ2) is 9.06. The maximum absolute atomic E-state index is 12.4. The van der Waals surface area contributed by atoms with Crippen molar-refractivity contribution in [3.8, 4) is 11.4 Å². The van der Waals surface area contributed by atoms with Crippen LogP contribution in [-0.2, 0) is 18.3 Å². The lowest BCUT2D eigenvalue weighted by molar-refractivity contribution is -0.119. The molecule has 1 heterocycles. The Morgan fingerprint density at radius 3 is 2.43 bits per heavy atom. The molecule has 0 fully saturated rings. The summed E-state index contributed by atoms with van der Waals surface area (Å²) in [6, 6.07) is 16.5. The summed E-state index contributed by atoms with van der Waals surface area (Å²) >= 11 is 1.39. The fourth-order valence-corrected chi connectivity index (χ4v) is 3.66. The molecule has 0 saturated heterocycles. The van der Waals surface area contributed by atoms with Gasteiger partial charge in [-0.2, -0.15) is 0 Å². The van der Waals surface area contributed by atoms with Gasteiger partial charge in [0.2, 0.25) is 5.91 Å². The third-order valence-corrected chi connectivity index (χ3v) is 5.76. The average molecular weight is 395 g/mol. The van der Waals surface area contributed by atoms with Gasteiger partial charge < -0.3 is 9.88 Å². The van der Waals surface area contributed by atoms with E-state index in [0.717, 1.165) is 28.5 Å². The van der Waals surface area contributed by atoms with E-state index >= 15 is 0 Å². The quantitative estimate of drug-likeness (QED) is 0.606. The van der Waals surface area contributed by atoms with E-state index in [-0.39, 0.29) is 11.9 Å². The molecule has 1 unspecified atom stereocenters. The minimum Gasteiger partial charge on any atom is -0.349 e. The predicted octanol–water partition coefficient (Wildman–Crippen LogP) is 4.32. The van der Waals surface area contributed by atoms with Gasteiger partial charge in [0.1, 0.15) is 0 Å². The van der Waals surface area contributed by atoms with Crippen molar-refractivity contribution in [2.75, 3.05) is 5.75 Å². The van der Waals surface area contributed by atoms with E-state index in [9.17, 15) is 4.79 Å². The highest BCUT2D eigenvalue weighted by atomic mass is 32.2. The first kappa shape index (κ1) is 20.1. The molecule has 0 bridgehead atoms. The Morgan fingerprint density at radius 2 is 1.79 bits per heavy atom. The minimum absolute atomic E-state index is 0.0167. The van der Waals surface area contributed by atoms with E-state index in [1.165, 1.54) is 22.9 Å². The monoisotopic (exact) mass is 394 g/mol. The van der Waals surface area contributed by atoms with Crippen LogP contribution in [0, 0.1) is 6.92 Å². The number of amides is 1. The number of benzene rings is 2. The molecule has 1 atom stereocenters. The molecule has 146 valence electrons. The Balaban J connectivity index is 1.57. The van der Waals surface area contributed by atoms with E-state index in [2.05, 4.69) is 65.8 Å². The van der Waals surface area contributed by atoms with Gasteiger partial charge in [-0.15, -0.1) is 10.2 Å². The molecule has 0 spiro atoms. The molecule has 0 aliphatic heterocycles. The smallest absolute Gasteiger partial charge is 0.230 e. The maximum Gasteiger partial charge on any atom is 0.230 e. The summed E-state index contributed by atoms with van der Waals surface area (Å²) in [6.07, 6.45) is 1.01. The number of nitrogens with zero attached hydrogens (tertiary/aromatic N) is 3. The van der Waals surface area contributed by atoms with E-state index < -0.39 is 0 Å². The van der Waals surface area contributed by atoms with Gasteiger partial charge in [0.25, 0.3) is 0 Å². The number of aromatic nitrogens is 3. The number of rotatable bonds is 7. The molecule has 5 nitrogen and oxygen atoms in total. The Kier molecular flexibility index (Phi) is 6.52. The molecular weight excluding hydrogens is 368 g/mol. The third-order valence-electron chi connectivity index (χ3n) is 4.74. The van der Waals surface area contributed by atoms with Gasteiger partial charge in [0, 0.05) is 12.6 Å². The van der Waals surface area contributed by atoms with Gasteiger partial charge in [-0.25, -0.2) is 0 Å². The molecule has 6 heteroatoms. The summed E-state index contributed by atoms with van der Waals surface area (Å²) < 4.78 is 1.93. The summed E-state index contributed by atoms with van der Waals surface area (Å²) in [5.41, 5.74) is 4.62. The Hall–Kier alpha value is -2.60. The van der Waals surface area contributed by atoms with Crippen LogP contribution in [0.1, 0.15) is 36.6 Å². The highest BCUT2D eigenvalue weighted by Gasteiger charge is 2.14. The topological polar surface area (TPSA) is 59.8 Å². The Bertz CT molecular complexity index is 932. The van der Waals surface area contributed by atoms with Gasteiger partial charge in [-0.1, -0.05) is 72.8 Å². The fraction of sp³-hybridized carbons (Fsp3) is 0.318. The largest absolute Gasteiger partial charge is 0.349 e. The van der Waals surface area contributed by atoms with Crippen molar-refractivity contribution >= 4 is 17.7 Å². The van der Waals surface area contributed by atoms with Crippen molar-refractivity contribution < 1.29 is 4.79 Å². The summed E-state index contributed by atoms with van der Waals surface area (Å²) in [6.45, 7) is 6.19. The van der Waals surface area contributed by atoms with Crippen molar-refractivity contribution in [2.24, 2.45) is 7.05 Å². The molecule has 0 radical (unpaired) electrons. The van der Waals surface area contributed by atoms with E-state index in [0.29, 0.717) is 5.75 Å². The van der Waals surface area contributed by atoms with Crippen LogP contribution >= 0.6 is 11.8 Å². The van der Waals surface area contributed by atoms with Crippen LogP contribution in [0.25, 0.3) is 11.4 Å². The fourth-order valence-electron chi connectivity index (χ4n) is 2.93. The number of carbonyl (C=O) groups is 1. The van der Waals surface area contributed by atoms with E-state index in [4.69, 9.17) is 0 Å². The Morgan fingerprint density at radius 1 is 1.11 bits per heavy atom. The summed E-state index contributed by atoms with van der Waals surface area (Å²) in [7, 11) is 1.92. The van der Waals surface area contributed by atoms with Gasteiger partial charge in [-0.05, 0) is 31.4 Å². The van der Waals surface area contributed by atoms with Crippen molar-refractivity contribution in [3.05, 3.63) is 65.2 Å². The third kappa shape index (κ3) is 4.81. The molecule has 0 aliphatic rings. The van der Waals surface area contributed by atoms with Crippen molar-refractivity contribution in [1.29, 1.82) is 0 Å². The predicted molar refractivity (Wildman–Crippen MR) is 114 cm³/mol. The first-order chi connectivity index (χ1) is 13.5. The highest BCUT2D eigenvalue weighted by molar-refractivity contribution is 7.99. The second-order valence-corrected chi connectivity index (χ2v) is 7.85. The van der Waals surface area contributed by atoms with Crippen LogP contribution in [0.2, 0.25) is 0 Å². The number of aryl methyl sites for hydroxylation is 2. The molecule has 28 heavy (non-hydrogen) atoms.